The molecule has 12 atom stereocenters. The van der Waals surface area contributed by atoms with Gasteiger partial charge in [-0.05, 0) is 196 Å². The van der Waals surface area contributed by atoms with Gasteiger partial charge in [0.05, 0.1) is 0 Å². The Bertz CT molecular complexity index is 2890. The number of alkyl carbamates (subject to hydrolysis) is 1. The van der Waals surface area contributed by atoms with Crippen LogP contribution in [-0.4, -0.2) is 53.8 Å². The van der Waals surface area contributed by atoms with Gasteiger partial charge in [0, 0.05) is 45.9 Å². The molecule has 0 unspecified atom stereocenters. The van der Waals surface area contributed by atoms with Crippen molar-refractivity contribution in [3.8, 4) is 0 Å². The summed E-state index contributed by atoms with van der Waals surface area (Å²) in [6, 6.07) is 0. The molecular weight excluding hydrogens is 953 g/mol. The predicted molar refractivity (Wildman–Crippen MR) is 296 cm³/mol. The second-order valence-corrected chi connectivity index (χ2v) is 27.4. The molecule has 0 bridgehead atoms. The number of nitrogens with one attached hydrogen (secondary N) is 1. The zero-order valence-electron chi connectivity index (χ0n) is 48.3. The number of aliphatic hydroxyl groups is 1. The fourth-order valence-corrected chi connectivity index (χ4v) is 17.8. The third kappa shape index (κ3) is 8.21. The largest absolute Gasteiger partial charge is 0.504 e. The van der Waals surface area contributed by atoms with Crippen LogP contribution >= 0.6 is 0 Å². The molecule has 10 aliphatic rings. The van der Waals surface area contributed by atoms with Crippen molar-refractivity contribution in [2.45, 2.75) is 187 Å². The van der Waals surface area contributed by atoms with E-state index in [-0.39, 0.29) is 78.2 Å². The SMILES string of the molecule is CC1=C(O)C(=O)C=C2C1=CC=C1[C@@]2(C)CC[C@@]2(C)[C@@H]3C[C@](C)(C(N)=O)CC[C@]3(C)CC[C@]12C.CCN=C=O.CCNC(=O)OC1=C(C)C2=CC=C3[C@@](C)(CC[C@@]4(C)[C@@H]5C[C@](C)(C(N)=O)CC[C@]5(C)CC[C@]34C)C2=CC1=O. The molecule has 76 heavy (non-hydrogen) atoms. The van der Waals surface area contributed by atoms with E-state index in [1.54, 1.807) is 19.1 Å². The first-order chi connectivity index (χ1) is 35.3. The molecule has 0 saturated heterocycles. The number of rotatable bonds is 5. The molecule has 412 valence electrons. The van der Waals surface area contributed by atoms with Gasteiger partial charge in [-0.2, -0.15) is 0 Å². The number of ketones is 2. The smallest absolute Gasteiger partial charge is 0.412 e. The number of carbonyl (C=O) groups is 5. The molecule has 12 nitrogen and oxygen atoms in total. The summed E-state index contributed by atoms with van der Waals surface area (Å²) in [6.07, 6.45) is 27.1. The van der Waals surface area contributed by atoms with Crippen molar-refractivity contribution < 1.29 is 38.6 Å². The van der Waals surface area contributed by atoms with Gasteiger partial charge in [0.1, 0.15) is 0 Å². The van der Waals surface area contributed by atoms with Gasteiger partial charge in [0.15, 0.2) is 11.5 Å². The standard InChI is InChI=1S/C32H44N2O4.C29H39NO3.C3H5NO/c1-8-34-27(37)38-25-19(2)20-9-10-23-30(5,21(20)17-22(25)35)14-16-32(7)24-18-29(4,26(33)36)12-11-28(24,3)13-15-31(23,32)6;1-17-18-7-8-21-27(4,19(18)15-20(31)23(17)32)12-14-29(6)22-16-26(3,24(30)33)10-9-25(22,2)11-13-28(21,29)5;1-2-4-3-5/h9-10,17,24H,8,11-16,18H2,1-7H3,(H2,33,36)(H,34,37);7-8,15,22,32H,9-14,16H2,1-6H3,(H2,30,33);2H2,1H3/t24-,28-,29-,30+,31-,32+;22-,25-,26-,27+,28-,29+;/m11./s1. The first-order valence-corrected chi connectivity index (χ1v) is 28.4. The lowest BCUT2D eigenvalue weighted by molar-refractivity contribution is -0.168. The van der Waals surface area contributed by atoms with Crippen LogP contribution < -0.4 is 16.8 Å². The van der Waals surface area contributed by atoms with Gasteiger partial charge < -0.3 is 26.6 Å². The van der Waals surface area contributed by atoms with E-state index in [4.69, 9.17) is 21.0 Å². The predicted octanol–water partition coefficient (Wildman–Crippen LogP) is 12.7. The van der Waals surface area contributed by atoms with Gasteiger partial charge >= 0.3 is 6.09 Å². The molecule has 0 radical (unpaired) electrons. The number of aliphatic hydroxyl groups excluding tert-OH is 1. The summed E-state index contributed by atoms with van der Waals surface area (Å²) in [6.45, 7) is 31.7. The number of fused-ring (bicyclic) bond motifs is 14. The van der Waals surface area contributed by atoms with Crippen molar-refractivity contribution in [1.82, 2.24) is 5.32 Å². The van der Waals surface area contributed by atoms with Crippen molar-refractivity contribution >= 4 is 35.6 Å². The maximum absolute atomic E-state index is 13.3. The Balaban J connectivity index is 0.000000186. The second kappa shape index (κ2) is 18.9. The molecule has 3 amide bonds. The minimum Gasteiger partial charge on any atom is -0.504 e. The summed E-state index contributed by atoms with van der Waals surface area (Å²) in [4.78, 5) is 75.3. The van der Waals surface area contributed by atoms with E-state index in [0.29, 0.717) is 30.5 Å². The molecule has 0 heterocycles. The van der Waals surface area contributed by atoms with Gasteiger partial charge in [0.25, 0.3) is 0 Å². The molecule has 6 saturated carbocycles. The summed E-state index contributed by atoms with van der Waals surface area (Å²) in [7, 11) is 0. The number of hydrogen-bond donors (Lipinski definition) is 4. The monoisotopic (exact) mass is 1040 g/mol. The van der Waals surface area contributed by atoms with Crippen molar-refractivity contribution in [3.63, 3.8) is 0 Å². The van der Waals surface area contributed by atoms with E-state index in [1.807, 2.05) is 20.8 Å². The van der Waals surface area contributed by atoms with Crippen LogP contribution in [0.15, 0.2) is 97.6 Å². The van der Waals surface area contributed by atoms with E-state index in [1.165, 1.54) is 17.2 Å². The van der Waals surface area contributed by atoms with Crippen LogP contribution in [0.5, 0.6) is 0 Å². The Morgan fingerprint density at radius 1 is 0.632 bits per heavy atom. The van der Waals surface area contributed by atoms with Crippen LogP contribution in [0, 0.1) is 66.0 Å². The minimum atomic E-state index is -0.604. The van der Waals surface area contributed by atoms with E-state index >= 15 is 0 Å². The maximum atomic E-state index is 13.3. The first kappa shape index (κ1) is 56.8. The number of primary amides is 2. The van der Waals surface area contributed by atoms with Gasteiger partial charge in [0.2, 0.25) is 29.5 Å². The molecule has 0 aromatic rings. The number of allylic oxidation sites excluding steroid dienone is 14. The number of isocyanates is 1. The van der Waals surface area contributed by atoms with Gasteiger partial charge in [-0.15, -0.1) is 0 Å². The Morgan fingerprint density at radius 3 is 1.45 bits per heavy atom. The number of nitrogens with zero attached hydrogens (tertiary/aromatic N) is 1. The third-order valence-corrected chi connectivity index (χ3v) is 23.6. The van der Waals surface area contributed by atoms with Crippen LogP contribution in [0.4, 0.5) is 4.79 Å². The molecule has 10 aliphatic carbocycles. The molecule has 0 aromatic carbocycles. The van der Waals surface area contributed by atoms with Crippen molar-refractivity contribution in [1.29, 1.82) is 0 Å². The van der Waals surface area contributed by atoms with Gasteiger partial charge in [-0.1, -0.05) is 105 Å². The molecule has 12 heteroatoms. The lowest BCUT2D eigenvalue weighted by Crippen LogP contribution is -2.62. The summed E-state index contributed by atoms with van der Waals surface area (Å²) in [5.74, 6) is -0.0324. The Kier molecular flexibility index (Phi) is 14.2. The van der Waals surface area contributed by atoms with E-state index in [9.17, 15) is 29.1 Å². The highest BCUT2D eigenvalue weighted by Crippen LogP contribution is 2.77. The molecule has 6 N–H and O–H groups in total. The minimum absolute atomic E-state index is 0.0183. The number of carbonyl (C=O) groups excluding carboxylic acids is 6. The van der Waals surface area contributed by atoms with Crippen LogP contribution in [0.1, 0.15) is 187 Å². The van der Waals surface area contributed by atoms with E-state index in [0.717, 1.165) is 118 Å². The Hall–Kier alpha value is -5.35. The number of ether oxygens (including phenoxy) is 1. The molecule has 0 aliphatic heterocycles. The van der Waals surface area contributed by atoms with Gasteiger partial charge in [-0.3, -0.25) is 19.2 Å². The molecular formula is C64H88N4O8. The lowest BCUT2D eigenvalue weighted by atomic mass is 9.34. The second-order valence-electron chi connectivity index (χ2n) is 27.4. The Morgan fingerprint density at radius 2 is 1.05 bits per heavy atom. The van der Waals surface area contributed by atoms with Gasteiger partial charge in [-0.25, -0.2) is 14.6 Å². The van der Waals surface area contributed by atoms with Crippen molar-refractivity contribution in [2.75, 3.05) is 13.1 Å². The Labute approximate surface area is 452 Å². The average molecular weight is 1040 g/mol. The zero-order valence-corrected chi connectivity index (χ0v) is 48.3. The zero-order chi connectivity index (χ0) is 56.2. The summed E-state index contributed by atoms with van der Waals surface area (Å²) in [5, 5.41) is 12.9. The van der Waals surface area contributed by atoms with Crippen LogP contribution in [0.25, 0.3) is 0 Å². The highest BCUT2D eigenvalue weighted by atomic mass is 16.6. The summed E-state index contributed by atoms with van der Waals surface area (Å²) >= 11 is 0. The van der Waals surface area contributed by atoms with E-state index < -0.39 is 16.9 Å². The number of hydrogen-bond acceptors (Lipinski definition) is 9. The molecule has 6 fully saturated rings. The molecule has 0 spiro atoms. The lowest BCUT2D eigenvalue weighted by Gasteiger charge is -2.70. The quantitative estimate of drug-likeness (QED) is 0.153. The van der Waals surface area contributed by atoms with Crippen molar-refractivity contribution in [3.05, 3.63) is 92.6 Å². The average Bonchev–Trinajstić information content (AvgIpc) is 3.36. The van der Waals surface area contributed by atoms with Crippen LogP contribution in [0.3, 0.4) is 0 Å². The maximum Gasteiger partial charge on any atom is 0.412 e. The van der Waals surface area contributed by atoms with Crippen LogP contribution in [0.2, 0.25) is 0 Å². The topological polar surface area (TPSA) is 208 Å². The summed E-state index contributed by atoms with van der Waals surface area (Å²) < 4.78 is 5.44. The third-order valence-electron chi connectivity index (χ3n) is 23.6. The van der Waals surface area contributed by atoms with Crippen molar-refractivity contribution in [2.24, 2.45) is 82.4 Å². The van der Waals surface area contributed by atoms with E-state index in [2.05, 4.69) is 104 Å². The molecule has 0 aromatic heterocycles. The first-order valence-electron chi connectivity index (χ1n) is 28.4. The summed E-state index contributed by atoms with van der Waals surface area (Å²) in [5.41, 5.74) is 19.3. The fourth-order valence-electron chi connectivity index (χ4n) is 17.8. The normalized spacial score (nSPS) is 41.7. The number of nitrogens with two attached hydrogens (primary N) is 2. The fraction of sp³-hybridized carbons (Fsp3) is 0.656. The number of aliphatic imine (C=N–C) groups is 1. The highest BCUT2D eigenvalue weighted by molar-refractivity contribution is 6.08. The molecule has 10 rings (SSSR count). The highest BCUT2D eigenvalue weighted by Gasteiger charge is 2.69. The van der Waals surface area contributed by atoms with Crippen LogP contribution in [-0.2, 0) is 28.7 Å². The number of amides is 3.